The zero-order valence-corrected chi connectivity index (χ0v) is 11.5. The minimum atomic E-state index is -0.0685. The van der Waals surface area contributed by atoms with Crippen LogP contribution in [0.3, 0.4) is 0 Å². The van der Waals surface area contributed by atoms with Gasteiger partial charge in [0.05, 0.1) is 7.11 Å². The lowest BCUT2D eigenvalue weighted by atomic mass is 10.1. The predicted octanol–water partition coefficient (Wildman–Crippen LogP) is 2.01. The average Bonchev–Trinajstić information content (AvgIpc) is 3.09. The number of carbonyl (C=O) groups is 1. The minimum absolute atomic E-state index is 0.0261. The van der Waals surface area contributed by atoms with Crippen LogP contribution >= 0.6 is 11.8 Å². The van der Waals surface area contributed by atoms with Gasteiger partial charge in [-0.2, -0.15) is 11.8 Å². The first-order chi connectivity index (χ1) is 7.61. The molecular formula is C12H23NO2S. The molecule has 0 aromatic heterocycles. The Morgan fingerprint density at radius 2 is 2.19 bits per heavy atom. The molecule has 3 nitrogen and oxygen atoms in total. The second-order valence-corrected chi connectivity index (χ2v) is 5.59. The molecule has 1 aliphatic carbocycles. The number of likely N-dealkylation sites (N-methyl/N-ethyl adjacent to an activating group) is 1. The van der Waals surface area contributed by atoms with Gasteiger partial charge in [0.25, 0.3) is 0 Å². The van der Waals surface area contributed by atoms with Crippen LogP contribution in [0, 0.1) is 5.92 Å². The van der Waals surface area contributed by atoms with Gasteiger partial charge >= 0.3 is 5.97 Å². The summed E-state index contributed by atoms with van der Waals surface area (Å²) < 4.78 is 4.90. The van der Waals surface area contributed by atoms with E-state index in [-0.39, 0.29) is 12.0 Å². The summed E-state index contributed by atoms with van der Waals surface area (Å²) >= 11 is 1.85. The van der Waals surface area contributed by atoms with E-state index in [4.69, 9.17) is 4.74 Å². The van der Waals surface area contributed by atoms with Crippen LogP contribution in [0.5, 0.6) is 0 Å². The van der Waals surface area contributed by atoms with Crippen molar-refractivity contribution >= 4 is 17.7 Å². The molecule has 0 spiro atoms. The molecule has 0 saturated heterocycles. The summed E-state index contributed by atoms with van der Waals surface area (Å²) in [6.45, 7) is 2.19. The lowest BCUT2D eigenvalue weighted by Crippen LogP contribution is -2.45. The average molecular weight is 245 g/mol. The highest BCUT2D eigenvalue weighted by Gasteiger charge is 2.40. The fraction of sp³-hybridized carbons (Fsp3) is 0.917. The summed E-state index contributed by atoms with van der Waals surface area (Å²) in [5.41, 5.74) is 0. The highest BCUT2D eigenvalue weighted by atomic mass is 32.2. The van der Waals surface area contributed by atoms with Crippen molar-refractivity contribution in [1.29, 1.82) is 0 Å². The van der Waals surface area contributed by atoms with Crippen LogP contribution < -0.4 is 0 Å². The molecule has 0 aromatic carbocycles. The highest BCUT2D eigenvalue weighted by molar-refractivity contribution is 7.98. The summed E-state index contributed by atoms with van der Waals surface area (Å²) in [5.74, 6) is 1.60. The SMILES string of the molecule is COC(=O)C(C1CC1)N(C)C(C)CCSC. The normalized spacial score (nSPS) is 19.6. The molecule has 0 aliphatic heterocycles. The van der Waals surface area contributed by atoms with Gasteiger partial charge < -0.3 is 4.74 Å². The van der Waals surface area contributed by atoms with Gasteiger partial charge in [0.1, 0.15) is 6.04 Å². The largest absolute Gasteiger partial charge is 0.468 e. The number of esters is 1. The number of nitrogens with zero attached hydrogens (tertiary/aromatic N) is 1. The van der Waals surface area contributed by atoms with Crippen LogP contribution in [-0.4, -0.2) is 49.1 Å². The van der Waals surface area contributed by atoms with E-state index in [9.17, 15) is 4.79 Å². The Kier molecular flexibility index (Phi) is 5.62. The minimum Gasteiger partial charge on any atom is -0.468 e. The molecule has 0 aromatic rings. The van der Waals surface area contributed by atoms with Crippen molar-refractivity contribution in [3.8, 4) is 0 Å². The fourth-order valence-electron chi connectivity index (χ4n) is 1.99. The summed E-state index contributed by atoms with van der Waals surface area (Å²) in [7, 11) is 3.53. The van der Waals surface area contributed by atoms with Gasteiger partial charge in [-0.1, -0.05) is 0 Å². The first-order valence-electron chi connectivity index (χ1n) is 5.90. The maximum absolute atomic E-state index is 11.7. The van der Waals surface area contributed by atoms with Crippen LogP contribution in [0.25, 0.3) is 0 Å². The topological polar surface area (TPSA) is 29.5 Å². The van der Waals surface area contributed by atoms with Gasteiger partial charge in [-0.3, -0.25) is 9.69 Å². The zero-order valence-electron chi connectivity index (χ0n) is 10.7. The molecule has 1 rings (SSSR count). The smallest absolute Gasteiger partial charge is 0.323 e. The number of hydrogen-bond acceptors (Lipinski definition) is 4. The van der Waals surface area contributed by atoms with E-state index in [0.717, 1.165) is 12.2 Å². The van der Waals surface area contributed by atoms with Gasteiger partial charge in [-0.25, -0.2) is 0 Å². The van der Waals surface area contributed by atoms with Crippen LogP contribution in [-0.2, 0) is 9.53 Å². The first-order valence-corrected chi connectivity index (χ1v) is 7.29. The Balaban J connectivity index is 2.52. The molecule has 2 atom stereocenters. The van der Waals surface area contributed by atoms with Crippen molar-refractivity contribution in [2.45, 2.75) is 38.3 Å². The van der Waals surface area contributed by atoms with E-state index in [1.54, 1.807) is 0 Å². The van der Waals surface area contributed by atoms with E-state index < -0.39 is 0 Å². The molecule has 0 heterocycles. The molecule has 0 N–H and O–H groups in total. The molecule has 4 heteroatoms. The molecule has 1 fully saturated rings. The molecular weight excluding hydrogens is 222 g/mol. The Labute approximate surface area is 103 Å². The van der Waals surface area contributed by atoms with E-state index in [0.29, 0.717) is 12.0 Å². The van der Waals surface area contributed by atoms with Gasteiger partial charge in [0.2, 0.25) is 0 Å². The van der Waals surface area contributed by atoms with Gasteiger partial charge in [-0.15, -0.1) is 0 Å². The second kappa shape index (κ2) is 6.50. The molecule has 2 unspecified atom stereocenters. The summed E-state index contributed by atoms with van der Waals surface area (Å²) in [6.07, 6.45) is 5.57. The summed E-state index contributed by atoms with van der Waals surface area (Å²) in [5, 5.41) is 0. The van der Waals surface area contributed by atoms with E-state index in [1.807, 2.05) is 18.8 Å². The second-order valence-electron chi connectivity index (χ2n) is 4.60. The van der Waals surface area contributed by atoms with Crippen LogP contribution in [0.1, 0.15) is 26.2 Å². The van der Waals surface area contributed by atoms with Crippen LogP contribution in [0.15, 0.2) is 0 Å². The Hall–Kier alpha value is -0.220. The molecule has 1 saturated carbocycles. The third-order valence-electron chi connectivity index (χ3n) is 3.38. The Bertz CT molecular complexity index is 231. The Morgan fingerprint density at radius 3 is 2.62 bits per heavy atom. The van der Waals surface area contributed by atoms with Crippen LogP contribution in [0.4, 0.5) is 0 Å². The van der Waals surface area contributed by atoms with E-state index in [2.05, 4.69) is 18.1 Å². The van der Waals surface area contributed by atoms with Crippen LogP contribution in [0.2, 0.25) is 0 Å². The van der Waals surface area contributed by atoms with Gasteiger partial charge in [0, 0.05) is 6.04 Å². The Morgan fingerprint density at radius 1 is 1.56 bits per heavy atom. The number of hydrogen-bond donors (Lipinski definition) is 0. The van der Waals surface area contributed by atoms with Crippen molar-refractivity contribution in [3.63, 3.8) is 0 Å². The van der Waals surface area contributed by atoms with Crippen molar-refractivity contribution < 1.29 is 9.53 Å². The van der Waals surface area contributed by atoms with Gasteiger partial charge in [0.15, 0.2) is 0 Å². The molecule has 0 amide bonds. The quantitative estimate of drug-likeness (QED) is 0.642. The first kappa shape index (κ1) is 13.8. The lowest BCUT2D eigenvalue weighted by molar-refractivity contribution is -0.148. The predicted molar refractivity (Wildman–Crippen MR) is 68.8 cm³/mol. The molecule has 0 radical (unpaired) electrons. The summed E-state index contributed by atoms with van der Waals surface area (Å²) in [6, 6.07) is 0.416. The monoisotopic (exact) mass is 245 g/mol. The number of thioether (sulfide) groups is 1. The van der Waals surface area contributed by atoms with Gasteiger partial charge in [-0.05, 0) is 51.2 Å². The number of ether oxygens (including phenoxy) is 1. The van der Waals surface area contributed by atoms with Crippen molar-refractivity contribution in [2.24, 2.45) is 5.92 Å². The van der Waals surface area contributed by atoms with Crippen molar-refractivity contribution in [2.75, 3.05) is 26.2 Å². The summed E-state index contributed by atoms with van der Waals surface area (Å²) in [4.78, 5) is 13.9. The van der Waals surface area contributed by atoms with E-state index >= 15 is 0 Å². The lowest BCUT2D eigenvalue weighted by Gasteiger charge is -2.31. The van der Waals surface area contributed by atoms with E-state index in [1.165, 1.54) is 20.0 Å². The number of carbonyl (C=O) groups excluding carboxylic acids is 1. The third-order valence-corrected chi connectivity index (χ3v) is 4.03. The fourth-order valence-corrected chi connectivity index (χ4v) is 2.57. The molecule has 94 valence electrons. The zero-order chi connectivity index (χ0) is 12.1. The van der Waals surface area contributed by atoms with Crippen molar-refractivity contribution in [3.05, 3.63) is 0 Å². The molecule has 0 bridgehead atoms. The molecule has 1 aliphatic rings. The number of methoxy groups -OCH3 is 1. The highest BCUT2D eigenvalue weighted by Crippen LogP contribution is 2.36. The van der Waals surface area contributed by atoms with Crippen molar-refractivity contribution in [1.82, 2.24) is 4.90 Å². The number of rotatable bonds is 7. The standard InChI is InChI=1S/C12H23NO2S/c1-9(7-8-16-4)13(2)11(10-5-6-10)12(14)15-3/h9-11H,5-8H2,1-4H3. The molecule has 16 heavy (non-hydrogen) atoms. The third kappa shape index (κ3) is 3.67. The maximum atomic E-state index is 11.7. The maximum Gasteiger partial charge on any atom is 0.323 e.